The van der Waals surface area contributed by atoms with Crippen LogP contribution in [0.1, 0.15) is 24.5 Å². The summed E-state index contributed by atoms with van der Waals surface area (Å²) in [6, 6.07) is 7.81. The lowest BCUT2D eigenvalue weighted by molar-refractivity contribution is -0.109. The zero-order chi connectivity index (χ0) is 21.6. The van der Waals surface area contributed by atoms with Crippen LogP contribution in [0.25, 0.3) is 0 Å². The van der Waals surface area contributed by atoms with E-state index in [0.29, 0.717) is 32.5 Å². The second-order valence-electron chi connectivity index (χ2n) is 8.88. The number of rotatable bonds is 7. The van der Waals surface area contributed by atoms with Gasteiger partial charge in [0.2, 0.25) is 10.0 Å². The molecule has 0 amide bonds. The lowest BCUT2D eigenvalue weighted by atomic mass is 9.99. The highest BCUT2D eigenvalue weighted by Crippen LogP contribution is 2.46. The lowest BCUT2D eigenvalue weighted by Gasteiger charge is -2.39. The average molecular weight is 447 g/mol. The third kappa shape index (κ3) is 3.77. The molecule has 3 saturated heterocycles. The first-order valence-corrected chi connectivity index (χ1v) is 12.5. The molecule has 1 aromatic heterocycles. The summed E-state index contributed by atoms with van der Waals surface area (Å²) in [5.74, 6) is 0.790. The Hall–Kier alpha value is -1.94. The van der Waals surface area contributed by atoms with E-state index in [0.717, 1.165) is 36.5 Å². The normalized spacial score (nSPS) is 29.9. The van der Waals surface area contributed by atoms with Crippen molar-refractivity contribution < 1.29 is 17.9 Å². The number of likely N-dealkylation sites (tertiary alicyclic amines) is 1. The maximum Gasteiger partial charge on any atom is 0.220 e. The van der Waals surface area contributed by atoms with E-state index in [1.807, 2.05) is 35.1 Å². The Kier molecular flexibility index (Phi) is 5.32. The molecule has 2 bridgehead atoms. The molecule has 3 atom stereocenters. The molecule has 0 radical (unpaired) electrons. The van der Waals surface area contributed by atoms with Crippen molar-refractivity contribution in [2.75, 3.05) is 33.3 Å². The SMILES string of the molecule is CCn1cc(CN2C[C@H]3C[C@H]4[C@](C2)(CN(CCc2cccc(OC)c2)S4(=O)=O)O3)cn1. The molecular formula is C22H30N4O4S. The Labute approximate surface area is 183 Å². The van der Waals surface area contributed by atoms with Crippen LogP contribution in [-0.4, -0.2) is 77.6 Å². The number of aromatic nitrogens is 2. The Bertz CT molecular complexity index is 1060. The third-order valence-corrected chi connectivity index (χ3v) is 9.16. The predicted octanol–water partition coefficient (Wildman–Crippen LogP) is 1.51. The number of aryl methyl sites for hydroxylation is 1. The highest BCUT2D eigenvalue weighted by atomic mass is 32.2. The number of sulfonamides is 1. The van der Waals surface area contributed by atoms with Gasteiger partial charge in [-0.3, -0.25) is 9.58 Å². The molecule has 3 fully saturated rings. The molecule has 0 N–H and O–H groups in total. The molecular weight excluding hydrogens is 416 g/mol. The Morgan fingerprint density at radius 2 is 2.16 bits per heavy atom. The second kappa shape index (κ2) is 7.88. The first-order chi connectivity index (χ1) is 14.9. The summed E-state index contributed by atoms with van der Waals surface area (Å²) < 4.78 is 41.9. The summed E-state index contributed by atoms with van der Waals surface area (Å²) in [6.07, 6.45) is 5.20. The summed E-state index contributed by atoms with van der Waals surface area (Å²) in [5, 5.41) is 3.92. The molecule has 3 aliphatic rings. The number of nitrogens with zero attached hydrogens (tertiary/aromatic N) is 4. The van der Waals surface area contributed by atoms with Crippen LogP contribution in [0.3, 0.4) is 0 Å². The number of methoxy groups -OCH3 is 1. The minimum absolute atomic E-state index is 0.0183. The van der Waals surface area contributed by atoms with Crippen molar-refractivity contribution in [3.63, 3.8) is 0 Å². The molecule has 0 unspecified atom stereocenters. The maximum atomic E-state index is 13.4. The summed E-state index contributed by atoms with van der Waals surface area (Å²) >= 11 is 0. The van der Waals surface area contributed by atoms with Crippen molar-refractivity contribution >= 4 is 10.0 Å². The van der Waals surface area contributed by atoms with Gasteiger partial charge in [-0.15, -0.1) is 0 Å². The van der Waals surface area contributed by atoms with Crippen LogP contribution in [-0.2, 0) is 34.3 Å². The number of ether oxygens (including phenoxy) is 2. The van der Waals surface area contributed by atoms with Crippen molar-refractivity contribution in [3.8, 4) is 5.75 Å². The molecule has 0 saturated carbocycles. The van der Waals surface area contributed by atoms with Crippen molar-refractivity contribution in [2.45, 2.75) is 49.8 Å². The molecule has 0 aliphatic carbocycles. The van der Waals surface area contributed by atoms with Gasteiger partial charge < -0.3 is 9.47 Å². The average Bonchev–Trinajstić information content (AvgIpc) is 3.37. The smallest absolute Gasteiger partial charge is 0.220 e. The van der Waals surface area contributed by atoms with E-state index >= 15 is 0 Å². The Morgan fingerprint density at radius 3 is 2.94 bits per heavy atom. The van der Waals surface area contributed by atoms with Crippen LogP contribution in [0.15, 0.2) is 36.7 Å². The van der Waals surface area contributed by atoms with Crippen LogP contribution in [0.5, 0.6) is 5.75 Å². The Morgan fingerprint density at radius 1 is 1.29 bits per heavy atom. The monoisotopic (exact) mass is 446 g/mol. The van der Waals surface area contributed by atoms with E-state index in [4.69, 9.17) is 9.47 Å². The van der Waals surface area contributed by atoms with E-state index in [1.54, 1.807) is 11.4 Å². The van der Waals surface area contributed by atoms with Gasteiger partial charge in [0.1, 0.15) is 16.6 Å². The molecule has 8 nitrogen and oxygen atoms in total. The van der Waals surface area contributed by atoms with Crippen molar-refractivity contribution in [1.82, 2.24) is 19.0 Å². The maximum absolute atomic E-state index is 13.4. The fourth-order valence-corrected chi connectivity index (χ4v) is 7.68. The van der Waals surface area contributed by atoms with Gasteiger partial charge in [-0.25, -0.2) is 8.42 Å². The highest BCUT2D eigenvalue weighted by molar-refractivity contribution is 7.90. The summed E-state index contributed by atoms with van der Waals surface area (Å²) in [5.41, 5.74) is 1.60. The van der Waals surface area contributed by atoms with Crippen LogP contribution in [0, 0.1) is 0 Å². The van der Waals surface area contributed by atoms with Crippen molar-refractivity contribution in [1.29, 1.82) is 0 Å². The van der Waals surface area contributed by atoms with Gasteiger partial charge >= 0.3 is 0 Å². The molecule has 4 heterocycles. The van der Waals surface area contributed by atoms with Crippen LogP contribution in [0.4, 0.5) is 0 Å². The van der Waals surface area contributed by atoms with Crippen molar-refractivity contribution in [3.05, 3.63) is 47.8 Å². The number of hydrogen-bond donors (Lipinski definition) is 0. The molecule has 168 valence electrons. The molecule has 3 aliphatic heterocycles. The first-order valence-electron chi connectivity index (χ1n) is 11.0. The topological polar surface area (TPSA) is 76.9 Å². The van der Waals surface area contributed by atoms with E-state index < -0.39 is 20.9 Å². The fourth-order valence-electron chi connectivity index (χ4n) is 5.37. The molecule has 5 rings (SSSR count). The number of fused-ring (bicyclic) bond motifs is 1. The lowest BCUT2D eigenvalue weighted by Crippen LogP contribution is -2.54. The first kappa shape index (κ1) is 20.9. The van der Waals surface area contributed by atoms with Gasteiger partial charge in [0.05, 0.1) is 19.4 Å². The molecule has 1 aromatic carbocycles. The molecule has 9 heteroatoms. The molecule has 2 aromatic rings. The van der Waals surface area contributed by atoms with Crippen molar-refractivity contribution in [2.24, 2.45) is 0 Å². The molecule has 31 heavy (non-hydrogen) atoms. The zero-order valence-corrected chi connectivity index (χ0v) is 18.9. The van der Waals surface area contributed by atoms with E-state index in [-0.39, 0.29) is 6.10 Å². The van der Waals surface area contributed by atoms with Crippen LogP contribution >= 0.6 is 0 Å². The third-order valence-electron chi connectivity index (χ3n) is 6.78. The minimum Gasteiger partial charge on any atom is -0.497 e. The highest BCUT2D eigenvalue weighted by Gasteiger charge is 2.64. The minimum atomic E-state index is -3.38. The summed E-state index contributed by atoms with van der Waals surface area (Å²) in [6.45, 7) is 6.00. The van der Waals surface area contributed by atoms with Gasteiger partial charge in [-0.1, -0.05) is 12.1 Å². The van der Waals surface area contributed by atoms with Crippen LogP contribution < -0.4 is 4.74 Å². The van der Waals surface area contributed by atoms with E-state index in [2.05, 4.69) is 23.1 Å². The Balaban J connectivity index is 1.29. The van der Waals surface area contributed by atoms with Gasteiger partial charge in [0, 0.05) is 51.0 Å². The van der Waals surface area contributed by atoms with Gasteiger partial charge in [0.15, 0.2) is 0 Å². The standard InChI is InChI=1S/C22H30N4O4S/c1-3-25-13-18(11-23-25)12-24-14-20-10-21-22(15-24,30-20)16-26(31(21,27)28)8-7-17-5-4-6-19(9-17)29-2/h4-6,9,11,13,20-21H,3,7-8,10,12,14-16H2,1-2H3/t20-,21+,22+/m1/s1. The fraction of sp³-hybridized carbons (Fsp3) is 0.591. The van der Waals surface area contributed by atoms with Gasteiger partial charge in [-0.05, 0) is 37.5 Å². The predicted molar refractivity (Wildman–Crippen MR) is 116 cm³/mol. The number of morpholine rings is 1. The zero-order valence-electron chi connectivity index (χ0n) is 18.1. The largest absolute Gasteiger partial charge is 0.497 e. The number of benzene rings is 1. The molecule has 1 spiro atoms. The summed E-state index contributed by atoms with van der Waals surface area (Å²) in [4.78, 5) is 2.34. The summed E-state index contributed by atoms with van der Waals surface area (Å²) in [7, 11) is -1.74. The number of hydrogen-bond acceptors (Lipinski definition) is 6. The van der Waals surface area contributed by atoms with Gasteiger partial charge in [0.25, 0.3) is 0 Å². The van der Waals surface area contributed by atoms with E-state index in [9.17, 15) is 8.42 Å². The van der Waals surface area contributed by atoms with Crippen LogP contribution in [0.2, 0.25) is 0 Å². The van der Waals surface area contributed by atoms with Gasteiger partial charge in [-0.2, -0.15) is 9.40 Å². The quantitative estimate of drug-likeness (QED) is 0.642. The second-order valence-corrected chi connectivity index (χ2v) is 11.0. The van der Waals surface area contributed by atoms with E-state index in [1.165, 1.54) is 0 Å².